The molecule has 4 heteroatoms. The monoisotopic (exact) mass is 146 g/mol. The summed E-state index contributed by atoms with van der Waals surface area (Å²) in [6, 6.07) is 0. The lowest BCUT2D eigenvalue weighted by Crippen LogP contribution is -2.29. The first kappa shape index (κ1) is 9.10. The zero-order valence-corrected chi connectivity index (χ0v) is 5.96. The molecule has 0 heterocycles. The summed E-state index contributed by atoms with van der Waals surface area (Å²) in [6.45, 7) is 2.90. The topological polar surface area (TPSA) is 63.6 Å². The summed E-state index contributed by atoms with van der Waals surface area (Å²) < 4.78 is 4.36. The third-order valence-electron chi connectivity index (χ3n) is 0.895. The van der Waals surface area contributed by atoms with Gasteiger partial charge in [0.05, 0.1) is 6.61 Å². The maximum atomic E-state index is 10.5. The van der Waals surface area contributed by atoms with Crippen molar-refractivity contribution in [2.45, 2.75) is 20.0 Å². The molecule has 0 spiro atoms. The highest BCUT2D eigenvalue weighted by atomic mass is 16.5. The molecule has 0 bridgehead atoms. The summed E-state index contributed by atoms with van der Waals surface area (Å²) in [5.74, 6) is -1.48. The van der Waals surface area contributed by atoms with Gasteiger partial charge in [-0.1, -0.05) is 0 Å². The van der Waals surface area contributed by atoms with Crippen molar-refractivity contribution in [3.63, 3.8) is 0 Å². The van der Waals surface area contributed by atoms with Gasteiger partial charge in [-0.25, -0.2) is 4.79 Å². The normalized spacial score (nSPS) is 12.3. The fraction of sp³-hybridized carbons (Fsp3) is 0.667. The van der Waals surface area contributed by atoms with Crippen LogP contribution in [0.15, 0.2) is 0 Å². The predicted molar refractivity (Wildman–Crippen MR) is 33.3 cm³/mol. The van der Waals surface area contributed by atoms with E-state index in [1.165, 1.54) is 0 Å². The van der Waals surface area contributed by atoms with Gasteiger partial charge < -0.3 is 9.84 Å². The molecule has 0 amide bonds. The van der Waals surface area contributed by atoms with E-state index in [2.05, 4.69) is 4.74 Å². The highest BCUT2D eigenvalue weighted by Crippen LogP contribution is 1.89. The first-order valence-electron chi connectivity index (χ1n) is 2.94. The van der Waals surface area contributed by atoms with Crippen molar-refractivity contribution in [1.29, 1.82) is 0 Å². The fourth-order valence-corrected chi connectivity index (χ4v) is 0.387. The van der Waals surface area contributed by atoms with E-state index in [1.54, 1.807) is 6.92 Å². The minimum Gasteiger partial charge on any atom is -0.464 e. The van der Waals surface area contributed by atoms with E-state index in [0.717, 1.165) is 6.92 Å². The molecule has 0 aromatic heterocycles. The summed E-state index contributed by atoms with van der Waals surface area (Å²) in [5.41, 5.74) is 0. The number of carbonyl (C=O) groups is 2. The van der Waals surface area contributed by atoms with Crippen LogP contribution in [0.3, 0.4) is 0 Å². The van der Waals surface area contributed by atoms with E-state index in [1.807, 2.05) is 0 Å². The Bertz CT molecular complexity index is 141. The minimum atomic E-state index is -1.61. The second kappa shape index (κ2) is 4.00. The number of ketones is 1. The second-order valence-electron chi connectivity index (χ2n) is 1.77. The molecular weight excluding hydrogens is 136 g/mol. The number of Topliss-reactive ketones (excluding diaryl/α,β-unsaturated/α-hetero) is 1. The van der Waals surface area contributed by atoms with E-state index in [-0.39, 0.29) is 6.61 Å². The van der Waals surface area contributed by atoms with Crippen molar-refractivity contribution in [2.75, 3.05) is 6.61 Å². The molecule has 10 heavy (non-hydrogen) atoms. The second-order valence-corrected chi connectivity index (χ2v) is 1.77. The molecule has 0 aliphatic rings. The van der Waals surface area contributed by atoms with Crippen LogP contribution in [0.25, 0.3) is 0 Å². The van der Waals surface area contributed by atoms with Gasteiger partial charge in [-0.15, -0.1) is 0 Å². The fourth-order valence-electron chi connectivity index (χ4n) is 0.387. The Labute approximate surface area is 58.8 Å². The van der Waals surface area contributed by atoms with Crippen molar-refractivity contribution in [2.24, 2.45) is 0 Å². The molecule has 0 aliphatic carbocycles. The Kier molecular flexibility index (Phi) is 3.64. The average Bonchev–Trinajstić information content (AvgIpc) is 1.87. The van der Waals surface area contributed by atoms with Crippen LogP contribution in [0.5, 0.6) is 0 Å². The van der Waals surface area contributed by atoms with Crippen LogP contribution in [0, 0.1) is 0 Å². The van der Waals surface area contributed by atoms with Crippen LogP contribution in [-0.4, -0.2) is 29.6 Å². The smallest absolute Gasteiger partial charge is 0.342 e. The predicted octanol–water partition coefficient (Wildman–Crippen LogP) is -0.501. The molecule has 0 aromatic rings. The molecule has 0 radical (unpaired) electrons. The molecule has 0 rings (SSSR count). The number of esters is 1. The Balaban J connectivity index is 3.82. The Hall–Kier alpha value is -0.900. The van der Waals surface area contributed by atoms with E-state index in [0.29, 0.717) is 0 Å². The minimum absolute atomic E-state index is 0.170. The van der Waals surface area contributed by atoms with Gasteiger partial charge in [-0.2, -0.15) is 0 Å². The number of hydrogen-bond donors (Lipinski definition) is 1. The van der Waals surface area contributed by atoms with Crippen LogP contribution < -0.4 is 0 Å². The first-order chi connectivity index (χ1) is 4.59. The Morgan fingerprint density at radius 3 is 2.40 bits per heavy atom. The number of aliphatic hydroxyl groups excluding tert-OH is 1. The van der Waals surface area contributed by atoms with Crippen LogP contribution in [0.2, 0.25) is 0 Å². The maximum Gasteiger partial charge on any atom is 0.342 e. The SMILES string of the molecule is CCOC(=O)C(O)C(C)=O. The molecule has 1 atom stereocenters. The summed E-state index contributed by atoms with van der Waals surface area (Å²) >= 11 is 0. The molecule has 0 saturated carbocycles. The summed E-state index contributed by atoms with van der Waals surface area (Å²) in [6.07, 6.45) is -1.61. The highest BCUT2D eigenvalue weighted by Gasteiger charge is 2.20. The largest absolute Gasteiger partial charge is 0.464 e. The van der Waals surface area contributed by atoms with E-state index < -0.39 is 17.9 Å². The summed E-state index contributed by atoms with van der Waals surface area (Å²) in [4.78, 5) is 20.8. The Morgan fingerprint density at radius 1 is 1.60 bits per heavy atom. The van der Waals surface area contributed by atoms with Gasteiger partial charge in [-0.05, 0) is 13.8 Å². The number of hydrogen-bond acceptors (Lipinski definition) is 4. The van der Waals surface area contributed by atoms with Gasteiger partial charge in [0.15, 0.2) is 5.78 Å². The zero-order chi connectivity index (χ0) is 8.15. The van der Waals surface area contributed by atoms with Crippen LogP contribution >= 0.6 is 0 Å². The van der Waals surface area contributed by atoms with Gasteiger partial charge in [0.2, 0.25) is 6.10 Å². The summed E-state index contributed by atoms with van der Waals surface area (Å²) in [5, 5.41) is 8.70. The molecular formula is C6H10O4. The standard InChI is InChI=1S/C6H10O4/c1-3-10-6(9)5(8)4(2)7/h5,8H,3H2,1-2H3. The molecule has 0 saturated heterocycles. The van der Waals surface area contributed by atoms with Gasteiger partial charge in [0.25, 0.3) is 0 Å². The van der Waals surface area contributed by atoms with E-state index in [4.69, 9.17) is 5.11 Å². The van der Waals surface area contributed by atoms with Gasteiger partial charge in [0.1, 0.15) is 0 Å². The van der Waals surface area contributed by atoms with Gasteiger partial charge in [-0.3, -0.25) is 4.79 Å². The maximum absolute atomic E-state index is 10.5. The van der Waals surface area contributed by atoms with Crippen molar-refractivity contribution in [3.8, 4) is 0 Å². The lowest BCUT2D eigenvalue weighted by molar-refractivity contribution is -0.156. The number of carbonyl (C=O) groups excluding carboxylic acids is 2. The molecule has 0 aliphatic heterocycles. The summed E-state index contributed by atoms with van der Waals surface area (Å²) in [7, 11) is 0. The molecule has 58 valence electrons. The number of aliphatic hydroxyl groups is 1. The van der Waals surface area contributed by atoms with Gasteiger partial charge >= 0.3 is 5.97 Å². The third-order valence-corrected chi connectivity index (χ3v) is 0.895. The van der Waals surface area contributed by atoms with Gasteiger partial charge in [0, 0.05) is 0 Å². The molecule has 1 unspecified atom stereocenters. The zero-order valence-electron chi connectivity index (χ0n) is 5.96. The molecule has 0 aromatic carbocycles. The van der Waals surface area contributed by atoms with E-state index in [9.17, 15) is 9.59 Å². The van der Waals surface area contributed by atoms with Crippen molar-refractivity contribution < 1.29 is 19.4 Å². The molecule has 4 nitrogen and oxygen atoms in total. The molecule has 1 N–H and O–H groups in total. The third kappa shape index (κ3) is 2.59. The van der Waals surface area contributed by atoms with Crippen molar-refractivity contribution in [3.05, 3.63) is 0 Å². The quantitative estimate of drug-likeness (QED) is 0.430. The molecule has 0 fully saturated rings. The van der Waals surface area contributed by atoms with Crippen molar-refractivity contribution in [1.82, 2.24) is 0 Å². The van der Waals surface area contributed by atoms with Crippen LogP contribution in [-0.2, 0) is 14.3 Å². The number of ether oxygens (including phenoxy) is 1. The lowest BCUT2D eigenvalue weighted by Gasteiger charge is -2.04. The highest BCUT2D eigenvalue weighted by molar-refractivity contribution is 6.00. The average molecular weight is 146 g/mol. The lowest BCUT2D eigenvalue weighted by atomic mass is 10.3. The first-order valence-corrected chi connectivity index (χ1v) is 2.94. The van der Waals surface area contributed by atoms with Crippen molar-refractivity contribution >= 4 is 11.8 Å². The van der Waals surface area contributed by atoms with Crippen LogP contribution in [0.1, 0.15) is 13.8 Å². The number of rotatable bonds is 3. The Morgan fingerprint density at radius 2 is 2.10 bits per heavy atom. The van der Waals surface area contributed by atoms with Crippen LogP contribution in [0.4, 0.5) is 0 Å². The van der Waals surface area contributed by atoms with E-state index >= 15 is 0 Å².